The van der Waals surface area contributed by atoms with Gasteiger partial charge in [-0.15, -0.1) is 0 Å². The van der Waals surface area contributed by atoms with Gasteiger partial charge < -0.3 is 14.8 Å². The average molecular weight is 439 g/mol. The first-order valence-electron chi connectivity index (χ1n) is 9.69. The van der Waals surface area contributed by atoms with E-state index in [9.17, 15) is 13.2 Å². The molecule has 4 rings (SSSR count). The van der Waals surface area contributed by atoms with Crippen LogP contribution in [0.2, 0.25) is 0 Å². The Hall–Kier alpha value is -3.52. The SMILES string of the molecule is Cc1ccc(C)c(N(CC(=O)Nc2ccc3c(c2)OCO3)S(=O)(=O)c2ccccc2)c1. The van der Waals surface area contributed by atoms with E-state index in [0.29, 0.717) is 22.9 Å². The topological polar surface area (TPSA) is 84.9 Å². The number of rotatable bonds is 6. The van der Waals surface area contributed by atoms with Gasteiger partial charge in [0.1, 0.15) is 6.54 Å². The smallest absolute Gasteiger partial charge is 0.264 e. The van der Waals surface area contributed by atoms with Gasteiger partial charge in [-0.05, 0) is 55.3 Å². The fourth-order valence-electron chi connectivity index (χ4n) is 3.31. The van der Waals surface area contributed by atoms with Gasteiger partial charge in [-0.25, -0.2) is 8.42 Å². The monoisotopic (exact) mass is 438 g/mol. The van der Waals surface area contributed by atoms with Crippen LogP contribution in [0.4, 0.5) is 11.4 Å². The molecule has 1 aliphatic heterocycles. The number of sulfonamides is 1. The van der Waals surface area contributed by atoms with Crippen LogP contribution < -0.4 is 19.1 Å². The molecule has 160 valence electrons. The molecule has 1 aliphatic rings. The summed E-state index contributed by atoms with van der Waals surface area (Å²) in [5.74, 6) is 0.655. The molecule has 0 aliphatic carbocycles. The van der Waals surface area contributed by atoms with Crippen molar-refractivity contribution in [2.45, 2.75) is 18.7 Å². The van der Waals surface area contributed by atoms with Crippen molar-refractivity contribution < 1.29 is 22.7 Å². The lowest BCUT2D eigenvalue weighted by molar-refractivity contribution is -0.114. The molecule has 1 N–H and O–H groups in total. The maximum absolute atomic E-state index is 13.4. The Morgan fingerprint density at radius 3 is 2.48 bits per heavy atom. The first-order chi connectivity index (χ1) is 14.8. The summed E-state index contributed by atoms with van der Waals surface area (Å²) < 4.78 is 38.6. The van der Waals surface area contributed by atoms with E-state index in [0.717, 1.165) is 15.4 Å². The van der Waals surface area contributed by atoms with E-state index in [2.05, 4.69) is 5.32 Å². The van der Waals surface area contributed by atoms with Crippen LogP contribution in [-0.2, 0) is 14.8 Å². The minimum atomic E-state index is -3.96. The first kappa shape index (κ1) is 20.7. The number of aryl methyl sites for hydroxylation is 2. The number of nitrogens with one attached hydrogen (secondary N) is 1. The van der Waals surface area contributed by atoms with Crippen LogP contribution in [-0.4, -0.2) is 27.7 Å². The Kier molecular flexibility index (Phi) is 5.56. The summed E-state index contributed by atoms with van der Waals surface area (Å²) in [5.41, 5.74) is 2.60. The predicted molar refractivity (Wildman–Crippen MR) is 118 cm³/mol. The molecule has 0 bridgehead atoms. The summed E-state index contributed by atoms with van der Waals surface area (Å²) in [6.07, 6.45) is 0. The molecule has 0 saturated carbocycles. The van der Waals surface area contributed by atoms with E-state index in [-0.39, 0.29) is 18.2 Å². The molecule has 1 heterocycles. The highest BCUT2D eigenvalue weighted by molar-refractivity contribution is 7.92. The van der Waals surface area contributed by atoms with Crippen LogP contribution in [0.25, 0.3) is 0 Å². The minimum absolute atomic E-state index is 0.117. The molecule has 0 aromatic heterocycles. The molecule has 1 amide bonds. The van der Waals surface area contributed by atoms with Crippen LogP contribution >= 0.6 is 0 Å². The van der Waals surface area contributed by atoms with Crippen molar-refractivity contribution in [1.82, 2.24) is 0 Å². The van der Waals surface area contributed by atoms with Gasteiger partial charge in [0.2, 0.25) is 12.7 Å². The summed E-state index contributed by atoms with van der Waals surface area (Å²) in [6.45, 7) is 3.44. The Bertz CT molecular complexity index is 1230. The summed E-state index contributed by atoms with van der Waals surface area (Å²) >= 11 is 0. The van der Waals surface area contributed by atoms with Gasteiger partial charge in [0, 0.05) is 11.8 Å². The van der Waals surface area contributed by atoms with E-state index >= 15 is 0 Å². The number of carbonyl (C=O) groups excluding carboxylic acids is 1. The van der Waals surface area contributed by atoms with Gasteiger partial charge in [0.25, 0.3) is 10.0 Å². The molecule has 0 atom stereocenters. The second-order valence-electron chi connectivity index (χ2n) is 7.23. The van der Waals surface area contributed by atoms with Crippen molar-refractivity contribution in [2.24, 2.45) is 0 Å². The maximum Gasteiger partial charge on any atom is 0.264 e. The summed E-state index contributed by atoms with van der Waals surface area (Å²) in [6, 6.07) is 18.6. The lowest BCUT2D eigenvalue weighted by Gasteiger charge is -2.26. The fraction of sp³-hybridized carbons (Fsp3) is 0.174. The van der Waals surface area contributed by atoms with E-state index < -0.39 is 15.9 Å². The van der Waals surface area contributed by atoms with E-state index in [4.69, 9.17) is 9.47 Å². The van der Waals surface area contributed by atoms with Crippen LogP contribution in [0.3, 0.4) is 0 Å². The number of fused-ring (bicyclic) bond motifs is 1. The zero-order valence-corrected chi connectivity index (χ0v) is 18.0. The Morgan fingerprint density at radius 2 is 1.71 bits per heavy atom. The second-order valence-corrected chi connectivity index (χ2v) is 9.09. The molecular formula is C23H22N2O5S. The molecule has 3 aromatic carbocycles. The predicted octanol–water partition coefficient (Wildman–Crippen LogP) is 3.87. The van der Waals surface area contributed by atoms with E-state index in [1.54, 1.807) is 42.5 Å². The zero-order valence-electron chi connectivity index (χ0n) is 17.2. The minimum Gasteiger partial charge on any atom is -0.454 e. The molecule has 0 spiro atoms. The van der Waals surface area contributed by atoms with Crippen LogP contribution in [0.15, 0.2) is 71.6 Å². The lowest BCUT2D eigenvalue weighted by atomic mass is 10.1. The highest BCUT2D eigenvalue weighted by atomic mass is 32.2. The van der Waals surface area contributed by atoms with Crippen molar-refractivity contribution in [1.29, 1.82) is 0 Å². The zero-order chi connectivity index (χ0) is 22.0. The number of hydrogen-bond donors (Lipinski definition) is 1. The Labute approximate surface area is 181 Å². The molecule has 31 heavy (non-hydrogen) atoms. The van der Waals surface area contributed by atoms with Crippen molar-refractivity contribution in [3.63, 3.8) is 0 Å². The van der Waals surface area contributed by atoms with E-state index in [1.807, 2.05) is 26.0 Å². The normalized spacial score (nSPS) is 12.5. The fourth-order valence-corrected chi connectivity index (χ4v) is 4.81. The molecule has 3 aromatic rings. The Morgan fingerprint density at radius 1 is 0.968 bits per heavy atom. The average Bonchev–Trinajstić information content (AvgIpc) is 3.22. The molecule has 7 nitrogen and oxygen atoms in total. The first-order valence-corrected chi connectivity index (χ1v) is 11.1. The number of benzene rings is 3. The molecule has 0 unspecified atom stereocenters. The molecule has 8 heteroatoms. The summed E-state index contributed by atoms with van der Waals surface area (Å²) in [7, 11) is -3.96. The lowest BCUT2D eigenvalue weighted by Crippen LogP contribution is -2.38. The third-order valence-electron chi connectivity index (χ3n) is 4.91. The van der Waals surface area contributed by atoms with Gasteiger partial charge in [-0.1, -0.05) is 30.3 Å². The van der Waals surface area contributed by atoms with Crippen molar-refractivity contribution >= 4 is 27.3 Å². The summed E-state index contributed by atoms with van der Waals surface area (Å²) in [5, 5.41) is 2.75. The molecule has 0 saturated heterocycles. The number of carbonyl (C=O) groups is 1. The van der Waals surface area contributed by atoms with Crippen LogP contribution in [0, 0.1) is 13.8 Å². The van der Waals surface area contributed by atoms with E-state index in [1.165, 1.54) is 12.1 Å². The maximum atomic E-state index is 13.4. The highest BCUT2D eigenvalue weighted by Gasteiger charge is 2.28. The molecular weight excluding hydrogens is 416 g/mol. The number of amides is 1. The second kappa shape index (κ2) is 8.31. The quantitative estimate of drug-likeness (QED) is 0.632. The van der Waals surface area contributed by atoms with Crippen LogP contribution in [0.5, 0.6) is 11.5 Å². The third kappa shape index (κ3) is 4.34. The van der Waals surface area contributed by atoms with Crippen molar-refractivity contribution in [2.75, 3.05) is 23.0 Å². The number of ether oxygens (including phenoxy) is 2. The number of nitrogens with zero attached hydrogens (tertiary/aromatic N) is 1. The molecule has 0 radical (unpaired) electrons. The number of anilines is 2. The van der Waals surface area contributed by atoms with Crippen molar-refractivity contribution in [3.8, 4) is 11.5 Å². The summed E-state index contributed by atoms with van der Waals surface area (Å²) in [4.78, 5) is 13.0. The third-order valence-corrected chi connectivity index (χ3v) is 6.68. The number of hydrogen-bond acceptors (Lipinski definition) is 5. The van der Waals surface area contributed by atoms with Gasteiger partial charge in [-0.2, -0.15) is 0 Å². The van der Waals surface area contributed by atoms with Crippen molar-refractivity contribution in [3.05, 3.63) is 77.9 Å². The standard InChI is InChI=1S/C23H22N2O5S/c1-16-8-9-17(2)20(12-16)25(31(27,28)19-6-4-3-5-7-19)14-23(26)24-18-10-11-21-22(13-18)30-15-29-21/h3-13H,14-15H2,1-2H3,(H,24,26). The van der Waals surface area contributed by atoms with Gasteiger partial charge in [0.15, 0.2) is 11.5 Å². The highest BCUT2D eigenvalue weighted by Crippen LogP contribution is 2.34. The van der Waals surface area contributed by atoms with Gasteiger partial charge >= 0.3 is 0 Å². The van der Waals surface area contributed by atoms with Gasteiger partial charge in [-0.3, -0.25) is 9.10 Å². The van der Waals surface area contributed by atoms with Crippen LogP contribution in [0.1, 0.15) is 11.1 Å². The Balaban J connectivity index is 1.66. The van der Waals surface area contributed by atoms with Gasteiger partial charge in [0.05, 0.1) is 10.6 Å². The largest absolute Gasteiger partial charge is 0.454 e. The molecule has 0 fully saturated rings.